The summed E-state index contributed by atoms with van der Waals surface area (Å²) >= 11 is 0. The number of rotatable bonds is 5. The van der Waals surface area contributed by atoms with E-state index in [9.17, 15) is 9.59 Å². The molecule has 1 rings (SSSR count). The number of hydrogen-bond donors (Lipinski definition) is 3. The van der Waals surface area contributed by atoms with E-state index in [1.54, 1.807) is 0 Å². The molecule has 0 bridgehead atoms. The fraction of sp³-hybridized carbons (Fsp3) is 0.385. The lowest BCUT2D eigenvalue weighted by atomic mass is 9.85. The summed E-state index contributed by atoms with van der Waals surface area (Å²) in [5, 5.41) is 5.02. The van der Waals surface area contributed by atoms with E-state index in [0.29, 0.717) is 6.54 Å². The molecule has 0 saturated heterocycles. The molecule has 1 aromatic rings. The van der Waals surface area contributed by atoms with Crippen LogP contribution in [0.3, 0.4) is 0 Å². The Kier molecular flexibility index (Phi) is 4.85. The Morgan fingerprint density at radius 3 is 2.39 bits per heavy atom. The SMILES string of the molecule is CC(C)(CNCC(=O)NC(N)=O)c1ccccc1. The normalized spacial score (nSPS) is 11.0. The fourth-order valence-corrected chi connectivity index (χ4v) is 1.66. The number of hydrogen-bond acceptors (Lipinski definition) is 3. The number of benzene rings is 1. The highest BCUT2D eigenvalue weighted by atomic mass is 16.2. The molecule has 5 heteroatoms. The molecular formula is C13H19N3O2. The van der Waals surface area contributed by atoms with E-state index in [2.05, 4.69) is 19.2 Å². The van der Waals surface area contributed by atoms with Crippen LogP contribution in [0.2, 0.25) is 0 Å². The zero-order valence-electron chi connectivity index (χ0n) is 10.7. The van der Waals surface area contributed by atoms with Gasteiger partial charge in [0.15, 0.2) is 0 Å². The summed E-state index contributed by atoms with van der Waals surface area (Å²) < 4.78 is 0. The van der Waals surface area contributed by atoms with E-state index in [4.69, 9.17) is 5.73 Å². The third kappa shape index (κ3) is 4.55. The highest BCUT2D eigenvalue weighted by Crippen LogP contribution is 2.21. The van der Waals surface area contributed by atoms with Gasteiger partial charge in [-0.3, -0.25) is 10.1 Å². The lowest BCUT2D eigenvalue weighted by molar-refractivity contribution is -0.119. The first-order chi connectivity index (χ1) is 8.42. The van der Waals surface area contributed by atoms with Gasteiger partial charge in [-0.25, -0.2) is 4.79 Å². The van der Waals surface area contributed by atoms with Crippen molar-refractivity contribution in [3.8, 4) is 0 Å². The van der Waals surface area contributed by atoms with E-state index in [0.717, 1.165) is 0 Å². The van der Waals surface area contributed by atoms with Gasteiger partial charge in [0.25, 0.3) is 0 Å². The average molecular weight is 249 g/mol. The molecule has 0 fully saturated rings. The van der Waals surface area contributed by atoms with Crippen LogP contribution in [0.5, 0.6) is 0 Å². The van der Waals surface area contributed by atoms with Crippen molar-refractivity contribution in [2.45, 2.75) is 19.3 Å². The number of imide groups is 1. The maximum Gasteiger partial charge on any atom is 0.318 e. The predicted octanol–water partition coefficient (Wildman–Crippen LogP) is 0.749. The lowest BCUT2D eigenvalue weighted by Crippen LogP contribution is -2.43. The van der Waals surface area contributed by atoms with E-state index < -0.39 is 11.9 Å². The van der Waals surface area contributed by atoms with Gasteiger partial charge in [0.05, 0.1) is 6.54 Å². The van der Waals surface area contributed by atoms with E-state index in [-0.39, 0.29) is 12.0 Å². The minimum atomic E-state index is -0.830. The van der Waals surface area contributed by atoms with Crippen molar-refractivity contribution in [1.29, 1.82) is 0 Å². The summed E-state index contributed by atoms with van der Waals surface area (Å²) in [7, 11) is 0. The smallest absolute Gasteiger partial charge is 0.318 e. The van der Waals surface area contributed by atoms with Gasteiger partial charge in [-0.15, -0.1) is 0 Å². The number of urea groups is 1. The van der Waals surface area contributed by atoms with Gasteiger partial charge in [0.2, 0.25) is 5.91 Å². The fourth-order valence-electron chi connectivity index (χ4n) is 1.66. The molecule has 0 aliphatic heterocycles. The van der Waals surface area contributed by atoms with Crippen molar-refractivity contribution in [1.82, 2.24) is 10.6 Å². The standard InChI is InChI=1S/C13H19N3O2/c1-13(2,10-6-4-3-5-7-10)9-15-8-11(17)16-12(14)18/h3-7,15H,8-9H2,1-2H3,(H3,14,16,17,18). The maximum atomic E-state index is 11.2. The number of amides is 3. The molecule has 0 aromatic heterocycles. The van der Waals surface area contributed by atoms with E-state index in [1.807, 2.05) is 35.6 Å². The Morgan fingerprint density at radius 2 is 1.83 bits per heavy atom. The second kappa shape index (κ2) is 6.16. The van der Waals surface area contributed by atoms with Crippen LogP contribution in [0.15, 0.2) is 30.3 Å². The highest BCUT2D eigenvalue weighted by molar-refractivity contribution is 5.94. The zero-order valence-corrected chi connectivity index (χ0v) is 10.7. The van der Waals surface area contributed by atoms with Crippen LogP contribution in [0.1, 0.15) is 19.4 Å². The third-order valence-electron chi connectivity index (χ3n) is 2.67. The van der Waals surface area contributed by atoms with Gasteiger partial charge in [-0.2, -0.15) is 0 Å². The lowest BCUT2D eigenvalue weighted by Gasteiger charge is -2.25. The number of nitrogens with one attached hydrogen (secondary N) is 2. The van der Waals surface area contributed by atoms with Gasteiger partial charge in [-0.05, 0) is 5.56 Å². The van der Waals surface area contributed by atoms with Crippen LogP contribution < -0.4 is 16.4 Å². The van der Waals surface area contributed by atoms with Crippen LogP contribution >= 0.6 is 0 Å². The second-order valence-electron chi connectivity index (χ2n) is 4.77. The average Bonchev–Trinajstić information content (AvgIpc) is 2.29. The Hall–Kier alpha value is -1.88. The minimum absolute atomic E-state index is 0.0687. The van der Waals surface area contributed by atoms with E-state index >= 15 is 0 Å². The van der Waals surface area contributed by atoms with Gasteiger partial charge in [0, 0.05) is 12.0 Å². The van der Waals surface area contributed by atoms with Crippen LogP contribution in [-0.4, -0.2) is 25.0 Å². The Bertz CT molecular complexity index is 416. The molecule has 3 amide bonds. The van der Waals surface area contributed by atoms with Crippen molar-refractivity contribution in [3.63, 3.8) is 0 Å². The topological polar surface area (TPSA) is 84.2 Å². The summed E-state index contributed by atoms with van der Waals surface area (Å²) in [4.78, 5) is 21.7. The molecule has 0 heterocycles. The second-order valence-corrected chi connectivity index (χ2v) is 4.77. The van der Waals surface area contributed by atoms with Crippen molar-refractivity contribution in [2.24, 2.45) is 5.73 Å². The monoisotopic (exact) mass is 249 g/mol. The third-order valence-corrected chi connectivity index (χ3v) is 2.67. The first-order valence-electron chi connectivity index (χ1n) is 5.77. The Labute approximate surface area is 107 Å². The first-order valence-corrected chi connectivity index (χ1v) is 5.77. The molecule has 0 unspecified atom stereocenters. The van der Waals surface area contributed by atoms with Gasteiger partial charge < -0.3 is 11.1 Å². The number of carbonyl (C=O) groups is 2. The Morgan fingerprint density at radius 1 is 1.22 bits per heavy atom. The van der Waals surface area contributed by atoms with Crippen molar-refractivity contribution in [3.05, 3.63) is 35.9 Å². The quantitative estimate of drug-likeness (QED) is 0.720. The van der Waals surface area contributed by atoms with Crippen molar-refractivity contribution >= 4 is 11.9 Å². The van der Waals surface area contributed by atoms with Crippen LogP contribution in [0.25, 0.3) is 0 Å². The summed E-state index contributed by atoms with van der Waals surface area (Å²) in [5.41, 5.74) is 5.94. The molecule has 0 spiro atoms. The van der Waals surface area contributed by atoms with Crippen LogP contribution in [0.4, 0.5) is 4.79 Å². The molecule has 0 aliphatic rings. The molecule has 18 heavy (non-hydrogen) atoms. The van der Waals surface area contributed by atoms with Gasteiger partial charge in [-0.1, -0.05) is 44.2 Å². The number of carbonyl (C=O) groups excluding carboxylic acids is 2. The summed E-state index contributed by atoms with van der Waals surface area (Å²) in [6, 6.07) is 9.20. The molecule has 1 aromatic carbocycles. The molecule has 0 radical (unpaired) electrons. The molecule has 4 N–H and O–H groups in total. The largest absolute Gasteiger partial charge is 0.351 e. The van der Waals surface area contributed by atoms with Crippen LogP contribution in [-0.2, 0) is 10.2 Å². The predicted molar refractivity (Wildman–Crippen MR) is 70.1 cm³/mol. The van der Waals surface area contributed by atoms with E-state index in [1.165, 1.54) is 5.56 Å². The van der Waals surface area contributed by atoms with Gasteiger partial charge in [0.1, 0.15) is 0 Å². The molecule has 0 atom stereocenters. The molecule has 5 nitrogen and oxygen atoms in total. The minimum Gasteiger partial charge on any atom is -0.351 e. The summed E-state index contributed by atoms with van der Waals surface area (Å²) in [5.74, 6) is -0.425. The zero-order chi connectivity index (χ0) is 13.6. The molecule has 98 valence electrons. The van der Waals surface area contributed by atoms with Crippen molar-refractivity contribution < 1.29 is 9.59 Å². The van der Waals surface area contributed by atoms with Crippen LogP contribution in [0, 0.1) is 0 Å². The molecule has 0 aliphatic carbocycles. The summed E-state index contributed by atoms with van der Waals surface area (Å²) in [6.45, 7) is 4.87. The highest BCUT2D eigenvalue weighted by Gasteiger charge is 2.20. The first kappa shape index (κ1) is 14.2. The number of primary amides is 1. The van der Waals surface area contributed by atoms with Gasteiger partial charge >= 0.3 is 6.03 Å². The summed E-state index contributed by atoms with van der Waals surface area (Å²) in [6.07, 6.45) is 0. The number of nitrogens with two attached hydrogens (primary N) is 1. The molecular weight excluding hydrogens is 230 g/mol. The Balaban J connectivity index is 2.43. The van der Waals surface area contributed by atoms with Crippen molar-refractivity contribution in [2.75, 3.05) is 13.1 Å². The maximum absolute atomic E-state index is 11.2. The molecule has 0 saturated carbocycles.